The van der Waals surface area contributed by atoms with Crippen LogP contribution in [0.5, 0.6) is 0 Å². The van der Waals surface area contributed by atoms with Crippen LogP contribution in [0.25, 0.3) is 5.69 Å². The molecule has 0 unspecified atom stereocenters. The molecule has 1 aliphatic rings. The minimum absolute atomic E-state index is 0.575. The van der Waals surface area contributed by atoms with Crippen LogP contribution in [0, 0.1) is 0 Å². The van der Waals surface area contributed by atoms with Crippen molar-refractivity contribution in [3.05, 3.63) is 41.1 Å². The van der Waals surface area contributed by atoms with Gasteiger partial charge in [0.2, 0.25) is 0 Å². The van der Waals surface area contributed by atoms with Crippen molar-refractivity contribution in [2.24, 2.45) is 0 Å². The van der Waals surface area contributed by atoms with Crippen LogP contribution >= 0.6 is 0 Å². The fourth-order valence-corrected chi connectivity index (χ4v) is 2.69. The lowest BCUT2D eigenvalue weighted by Gasteiger charge is -2.10. The first-order valence-corrected chi connectivity index (χ1v) is 6.77. The zero-order valence-electron chi connectivity index (χ0n) is 11.4. The van der Waals surface area contributed by atoms with E-state index < -0.39 is 0 Å². The number of aromatic nitrogens is 2. The number of para-hydroxylation sites is 1. The van der Waals surface area contributed by atoms with Crippen molar-refractivity contribution < 1.29 is 4.74 Å². The lowest BCUT2D eigenvalue weighted by Crippen LogP contribution is -2.07. The Kier molecular flexibility index (Phi) is 3.25. The summed E-state index contributed by atoms with van der Waals surface area (Å²) in [6.07, 6.45) is 2.03. The van der Waals surface area contributed by atoms with E-state index in [9.17, 15) is 0 Å². The molecule has 1 N–H and O–H groups in total. The molecule has 2 heterocycles. The quantitative estimate of drug-likeness (QED) is 0.915. The molecule has 0 spiro atoms. The monoisotopic (exact) mass is 257 g/mol. The molecule has 1 aliphatic heterocycles. The number of nitrogens with zero attached hydrogens (tertiary/aromatic N) is 2. The molecule has 0 amide bonds. The number of ether oxygens (including phenoxy) is 1. The summed E-state index contributed by atoms with van der Waals surface area (Å²) in [6.45, 7) is 3.73. The molecule has 0 atom stereocenters. The molecule has 100 valence electrons. The molecule has 0 bridgehead atoms. The third kappa shape index (κ3) is 2.02. The van der Waals surface area contributed by atoms with Gasteiger partial charge in [0, 0.05) is 19.2 Å². The first-order chi connectivity index (χ1) is 9.35. The van der Waals surface area contributed by atoms with Crippen LogP contribution in [0.4, 0.5) is 5.82 Å². The normalized spacial score (nSPS) is 13.4. The maximum absolute atomic E-state index is 5.26. The Hall–Kier alpha value is -1.81. The summed E-state index contributed by atoms with van der Waals surface area (Å²) in [5.41, 5.74) is 4.82. The van der Waals surface area contributed by atoms with Gasteiger partial charge in [-0.25, -0.2) is 4.68 Å². The Labute approximate surface area is 113 Å². The van der Waals surface area contributed by atoms with Crippen LogP contribution < -0.4 is 5.32 Å². The van der Waals surface area contributed by atoms with Crippen LogP contribution in [0.15, 0.2) is 24.3 Å². The van der Waals surface area contributed by atoms with E-state index in [0.717, 1.165) is 36.6 Å². The van der Waals surface area contributed by atoms with E-state index in [1.807, 2.05) is 4.68 Å². The van der Waals surface area contributed by atoms with E-state index in [1.54, 1.807) is 7.11 Å². The van der Waals surface area contributed by atoms with Gasteiger partial charge in [-0.3, -0.25) is 0 Å². The van der Waals surface area contributed by atoms with Crippen LogP contribution in [-0.4, -0.2) is 23.4 Å². The van der Waals surface area contributed by atoms with Gasteiger partial charge >= 0.3 is 0 Å². The Morgan fingerprint density at radius 3 is 3.00 bits per heavy atom. The summed E-state index contributed by atoms with van der Waals surface area (Å²) in [5.74, 6) is 1.13. The van der Waals surface area contributed by atoms with Gasteiger partial charge < -0.3 is 10.1 Å². The van der Waals surface area contributed by atoms with Gasteiger partial charge in [-0.1, -0.05) is 25.1 Å². The number of nitrogens with one attached hydrogen (secondary N) is 1. The SMILES string of the molecule is CCc1ccccc1-n1nc(COC)c2c1NCC2. The Bertz CT molecular complexity index is 589. The highest BCUT2D eigenvalue weighted by molar-refractivity contribution is 5.58. The summed E-state index contributed by atoms with van der Waals surface area (Å²) in [6, 6.07) is 8.43. The Balaban J connectivity index is 2.12. The summed E-state index contributed by atoms with van der Waals surface area (Å²) in [4.78, 5) is 0. The zero-order chi connectivity index (χ0) is 13.2. The molecular weight excluding hydrogens is 238 g/mol. The van der Waals surface area contributed by atoms with Gasteiger partial charge in [0.15, 0.2) is 0 Å². The molecule has 1 aromatic carbocycles. The number of rotatable bonds is 4. The lowest BCUT2D eigenvalue weighted by molar-refractivity contribution is 0.180. The Morgan fingerprint density at radius 2 is 2.21 bits per heavy atom. The van der Waals surface area contributed by atoms with Gasteiger partial charge in [-0.05, 0) is 24.5 Å². The van der Waals surface area contributed by atoms with E-state index in [0.29, 0.717) is 6.61 Å². The fourth-order valence-electron chi connectivity index (χ4n) is 2.69. The third-order valence-corrected chi connectivity index (χ3v) is 3.62. The zero-order valence-corrected chi connectivity index (χ0v) is 11.4. The summed E-state index contributed by atoms with van der Waals surface area (Å²) < 4.78 is 7.29. The molecule has 4 nitrogen and oxygen atoms in total. The summed E-state index contributed by atoms with van der Waals surface area (Å²) in [5, 5.41) is 8.17. The topological polar surface area (TPSA) is 39.1 Å². The van der Waals surface area contributed by atoms with Crippen LogP contribution in [0.1, 0.15) is 23.7 Å². The fraction of sp³-hybridized carbons (Fsp3) is 0.400. The van der Waals surface area contributed by atoms with Crippen molar-refractivity contribution >= 4 is 5.82 Å². The van der Waals surface area contributed by atoms with E-state index in [4.69, 9.17) is 9.84 Å². The van der Waals surface area contributed by atoms with Crippen LogP contribution in [0.2, 0.25) is 0 Å². The van der Waals surface area contributed by atoms with Crippen molar-refractivity contribution in [2.45, 2.75) is 26.4 Å². The molecule has 1 aromatic heterocycles. The number of methoxy groups -OCH3 is 1. The maximum atomic E-state index is 5.26. The molecule has 4 heteroatoms. The van der Waals surface area contributed by atoms with Crippen molar-refractivity contribution in [3.63, 3.8) is 0 Å². The van der Waals surface area contributed by atoms with Crippen molar-refractivity contribution in [2.75, 3.05) is 19.0 Å². The van der Waals surface area contributed by atoms with Crippen molar-refractivity contribution in [1.82, 2.24) is 9.78 Å². The van der Waals surface area contributed by atoms with E-state index in [2.05, 4.69) is 36.5 Å². The lowest BCUT2D eigenvalue weighted by atomic mass is 10.1. The number of fused-ring (bicyclic) bond motifs is 1. The van der Waals surface area contributed by atoms with Gasteiger partial charge in [0.1, 0.15) is 5.82 Å². The number of benzene rings is 1. The number of hydrogen-bond donors (Lipinski definition) is 1. The van der Waals surface area contributed by atoms with Crippen LogP contribution in [0.3, 0.4) is 0 Å². The van der Waals surface area contributed by atoms with E-state index in [-0.39, 0.29) is 0 Å². The summed E-state index contributed by atoms with van der Waals surface area (Å²) in [7, 11) is 1.72. The average molecular weight is 257 g/mol. The van der Waals surface area contributed by atoms with E-state index >= 15 is 0 Å². The second-order valence-electron chi connectivity index (χ2n) is 4.78. The minimum Gasteiger partial charge on any atom is -0.378 e. The number of hydrogen-bond acceptors (Lipinski definition) is 3. The molecule has 3 rings (SSSR count). The second-order valence-corrected chi connectivity index (χ2v) is 4.78. The predicted molar refractivity (Wildman–Crippen MR) is 75.8 cm³/mol. The Morgan fingerprint density at radius 1 is 1.37 bits per heavy atom. The predicted octanol–water partition coefficient (Wildman–Crippen LogP) is 2.55. The van der Waals surface area contributed by atoms with Crippen molar-refractivity contribution in [1.29, 1.82) is 0 Å². The maximum Gasteiger partial charge on any atom is 0.133 e. The highest BCUT2D eigenvalue weighted by atomic mass is 16.5. The third-order valence-electron chi connectivity index (χ3n) is 3.62. The van der Waals surface area contributed by atoms with Gasteiger partial charge in [-0.2, -0.15) is 5.10 Å². The van der Waals surface area contributed by atoms with Gasteiger partial charge in [-0.15, -0.1) is 0 Å². The van der Waals surface area contributed by atoms with Gasteiger partial charge in [0.05, 0.1) is 18.0 Å². The first-order valence-electron chi connectivity index (χ1n) is 6.77. The molecule has 0 fully saturated rings. The largest absolute Gasteiger partial charge is 0.378 e. The van der Waals surface area contributed by atoms with Crippen molar-refractivity contribution in [3.8, 4) is 5.69 Å². The molecule has 0 aliphatic carbocycles. The average Bonchev–Trinajstić information content (AvgIpc) is 3.03. The minimum atomic E-state index is 0.575. The molecule has 0 saturated carbocycles. The molecule has 0 radical (unpaired) electrons. The van der Waals surface area contributed by atoms with Crippen LogP contribution in [-0.2, 0) is 24.2 Å². The molecule has 0 saturated heterocycles. The standard InChI is InChI=1S/C15H19N3O/c1-3-11-6-4-5-7-14(11)18-15-12(8-9-16-15)13(17-18)10-19-2/h4-7,16H,3,8-10H2,1-2H3. The van der Waals surface area contributed by atoms with E-state index in [1.165, 1.54) is 11.1 Å². The second kappa shape index (κ2) is 5.05. The summed E-state index contributed by atoms with van der Waals surface area (Å²) >= 11 is 0. The smallest absolute Gasteiger partial charge is 0.133 e. The first kappa shape index (κ1) is 12.2. The highest BCUT2D eigenvalue weighted by Crippen LogP contribution is 2.30. The molecular formula is C15H19N3O. The van der Waals surface area contributed by atoms with Gasteiger partial charge in [0.25, 0.3) is 0 Å². The highest BCUT2D eigenvalue weighted by Gasteiger charge is 2.23. The number of aryl methyl sites for hydroxylation is 1. The number of anilines is 1. The molecule has 19 heavy (non-hydrogen) atoms. The molecule has 2 aromatic rings.